The van der Waals surface area contributed by atoms with Gasteiger partial charge in [0.2, 0.25) is 0 Å². The zero-order valence-corrected chi connectivity index (χ0v) is 9.78. The zero-order valence-electron chi connectivity index (χ0n) is 9.78. The van der Waals surface area contributed by atoms with Crippen LogP contribution < -0.4 is 5.32 Å². The molecule has 0 aliphatic carbocycles. The molecule has 88 valence electrons. The highest BCUT2D eigenvalue weighted by Crippen LogP contribution is 2.14. The molecule has 0 aromatic heterocycles. The Hall–Kier alpha value is -0.810. The molecule has 0 bridgehead atoms. The van der Waals surface area contributed by atoms with Gasteiger partial charge in [0.05, 0.1) is 6.04 Å². The Bertz CT molecular complexity index is 237. The molecule has 0 saturated carbocycles. The summed E-state index contributed by atoms with van der Waals surface area (Å²) >= 11 is 0. The van der Waals surface area contributed by atoms with Gasteiger partial charge in [-0.3, -0.25) is 5.32 Å². The van der Waals surface area contributed by atoms with Crippen molar-refractivity contribution < 1.29 is 14.6 Å². The van der Waals surface area contributed by atoms with Crippen molar-refractivity contribution in [3.63, 3.8) is 0 Å². The number of nitrogens with zero attached hydrogens (tertiary/aromatic N) is 1. The maximum atomic E-state index is 11.7. The Morgan fingerprint density at radius 1 is 1.53 bits per heavy atom. The highest BCUT2D eigenvalue weighted by molar-refractivity contribution is 5.68. The summed E-state index contributed by atoms with van der Waals surface area (Å²) in [6, 6.07) is -0.256. The molecule has 2 N–H and O–H groups in total. The first-order valence-corrected chi connectivity index (χ1v) is 5.22. The number of hydrogen-bond donors (Lipinski definition) is 2. The summed E-state index contributed by atoms with van der Waals surface area (Å²) < 4.78 is 5.24. The molecule has 1 rings (SSSR count). The molecule has 1 fully saturated rings. The Balaban J connectivity index is 2.59. The number of aliphatic hydroxyl groups excluding tert-OH is 1. The number of hydrogen-bond acceptors (Lipinski definition) is 4. The summed E-state index contributed by atoms with van der Waals surface area (Å²) in [4.78, 5) is 13.3. The highest BCUT2D eigenvalue weighted by atomic mass is 16.6. The minimum absolute atomic E-state index is 0.256. The van der Waals surface area contributed by atoms with Crippen molar-refractivity contribution in [3.05, 3.63) is 0 Å². The van der Waals surface area contributed by atoms with Crippen LogP contribution >= 0.6 is 0 Å². The van der Waals surface area contributed by atoms with Crippen molar-refractivity contribution in [1.82, 2.24) is 10.2 Å². The summed E-state index contributed by atoms with van der Waals surface area (Å²) in [7, 11) is 0. The molecule has 1 heterocycles. The topological polar surface area (TPSA) is 61.8 Å². The summed E-state index contributed by atoms with van der Waals surface area (Å²) in [5, 5.41) is 12.4. The Morgan fingerprint density at radius 3 is 2.67 bits per heavy atom. The monoisotopic (exact) mass is 216 g/mol. The lowest BCUT2D eigenvalue weighted by Gasteiger charge is -2.38. The molecule has 0 unspecified atom stereocenters. The molecule has 0 aromatic carbocycles. The fraction of sp³-hybridized carbons (Fsp3) is 0.900. The van der Waals surface area contributed by atoms with Crippen molar-refractivity contribution >= 4 is 6.09 Å². The molecule has 0 aromatic rings. The third-order valence-corrected chi connectivity index (χ3v) is 2.28. The van der Waals surface area contributed by atoms with Crippen LogP contribution in [-0.2, 0) is 4.74 Å². The maximum absolute atomic E-state index is 11.7. The van der Waals surface area contributed by atoms with Crippen LogP contribution in [0.5, 0.6) is 0 Å². The second-order valence-corrected chi connectivity index (χ2v) is 4.81. The smallest absolute Gasteiger partial charge is 0.410 e. The van der Waals surface area contributed by atoms with Crippen LogP contribution in [0, 0.1) is 0 Å². The second-order valence-electron chi connectivity index (χ2n) is 4.81. The molecule has 1 aliphatic heterocycles. The standard InChI is InChI=1S/C10H20N2O3/c1-7-8(13)11-5-6-12(7)9(14)15-10(2,3)4/h7-8,11,13H,5-6H2,1-4H3/t7-,8-/m1/s1. The Morgan fingerprint density at radius 2 is 2.13 bits per heavy atom. The lowest BCUT2D eigenvalue weighted by molar-refractivity contribution is -0.0243. The molecular weight excluding hydrogens is 196 g/mol. The third-order valence-electron chi connectivity index (χ3n) is 2.28. The molecule has 5 nitrogen and oxygen atoms in total. The van der Waals surface area contributed by atoms with Crippen LogP contribution in [0.1, 0.15) is 27.7 Å². The summed E-state index contributed by atoms with van der Waals surface area (Å²) in [6.45, 7) is 8.43. The van der Waals surface area contributed by atoms with Crippen molar-refractivity contribution in [2.24, 2.45) is 0 Å². The maximum Gasteiger partial charge on any atom is 0.410 e. The average molecular weight is 216 g/mol. The summed E-state index contributed by atoms with van der Waals surface area (Å²) in [5.41, 5.74) is -0.493. The van der Waals surface area contributed by atoms with Gasteiger partial charge in [0.1, 0.15) is 11.8 Å². The van der Waals surface area contributed by atoms with Crippen LogP contribution in [0.3, 0.4) is 0 Å². The van der Waals surface area contributed by atoms with Crippen LogP contribution in [0.15, 0.2) is 0 Å². The van der Waals surface area contributed by atoms with Crippen molar-refractivity contribution in [1.29, 1.82) is 0 Å². The van der Waals surface area contributed by atoms with E-state index in [2.05, 4.69) is 5.32 Å². The van der Waals surface area contributed by atoms with E-state index in [1.807, 2.05) is 20.8 Å². The van der Waals surface area contributed by atoms with Gasteiger partial charge >= 0.3 is 6.09 Å². The van der Waals surface area contributed by atoms with Crippen LogP contribution in [0.4, 0.5) is 4.79 Å². The number of carbonyl (C=O) groups excluding carboxylic acids is 1. The number of amides is 1. The van der Waals surface area contributed by atoms with E-state index in [0.29, 0.717) is 13.1 Å². The fourth-order valence-electron chi connectivity index (χ4n) is 1.46. The lowest BCUT2D eigenvalue weighted by atomic mass is 10.2. The van der Waals surface area contributed by atoms with Gasteiger partial charge in [0.15, 0.2) is 0 Å². The normalized spacial score (nSPS) is 27.7. The number of rotatable bonds is 0. The van der Waals surface area contributed by atoms with Crippen molar-refractivity contribution in [2.45, 2.75) is 45.6 Å². The predicted molar refractivity (Wildman–Crippen MR) is 56.4 cm³/mol. The molecule has 0 radical (unpaired) electrons. The van der Waals surface area contributed by atoms with Crippen LogP contribution in [0.25, 0.3) is 0 Å². The largest absolute Gasteiger partial charge is 0.444 e. The number of ether oxygens (including phenoxy) is 1. The molecule has 2 atom stereocenters. The number of aliphatic hydroxyl groups is 1. The number of carbonyl (C=O) groups is 1. The molecule has 0 spiro atoms. The minimum atomic E-state index is -0.675. The highest BCUT2D eigenvalue weighted by Gasteiger charge is 2.32. The minimum Gasteiger partial charge on any atom is -0.444 e. The van der Waals surface area contributed by atoms with E-state index >= 15 is 0 Å². The van der Waals surface area contributed by atoms with E-state index in [1.54, 1.807) is 11.8 Å². The van der Waals surface area contributed by atoms with E-state index < -0.39 is 11.8 Å². The number of nitrogens with one attached hydrogen (secondary N) is 1. The van der Waals surface area contributed by atoms with Gasteiger partial charge in [-0.25, -0.2) is 4.79 Å². The third kappa shape index (κ3) is 3.35. The van der Waals surface area contributed by atoms with Crippen molar-refractivity contribution in [3.8, 4) is 0 Å². The summed E-state index contributed by atoms with van der Waals surface area (Å²) in [5.74, 6) is 0. The van der Waals surface area contributed by atoms with Crippen LogP contribution in [-0.4, -0.2) is 47.1 Å². The molecule has 5 heteroatoms. The van der Waals surface area contributed by atoms with Gasteiger partial charge < -0.3 is 14.7 Å². The lowest BCUT2D eigenvalue weighted by Crippen LogP contribution is -2.59. The zero-order chi connectivity index (χ0) is 11.6. The van der Waals surface area contributed by atoms with Gasteiger partial charge in [-0.1, -0.05) is 0 Å². The van der Waals surface area contributed by atoms with E-state index in [0.717, 1.165) is 0 Å². The first-order valence-electron chi connectivity index (χ1n) is 5.22. The number of piperazine rings is 1. The molecule has 1 saturated heterocycles. The summed E-state index contributed by atoms with van der Waals surface area (Å²) in [6.07, 6.45) is -1.04. The quantitative estimate of drug-likeness (QED) is 0.620. The first-order chi connectivity index (χ1) is 6.81. The Kier molecular flexibility index (Phi) is 3.57. The molecule has 1 amide bonds. The predicted octanol–water partition coefficient (Wildman–Crippen LogP) is 0.534. The van der Waals surface area contributed by atoms with Gasteiger partial charge in [0.25, 0.3) is 0 Å². The van der Waals surface area contributed by atoms with Gasteiger partial charge in [-0.05, 0) is 27.7 Å². The van der Waals surface area contributed by atoms with Gasteiger partial charge in [-0.2, -0.15) is 0 Å². The molecule has 1 aliphatic rings. The van der Waals surface area contributed by atoms with Gasteiger partial charge in [-0.15, -0.1) is 0 Å². The average Bonchev–Trinajstić information content (AvgIpc) is 2.06. The molecular formula is C10H20N2O3. The van der Waals surface area contributed by atoms with Crippen LogP contribution in [0.2, 0.25) is 0 Å². The van der Waals surface area contributed by atoms with E-state index in [1.165, 1.54) is 0 Å². The SMILES string of the molecule is C[C@@H]1[C@@H](O)NCCN1C(=O)OC(C)(C)C. The fourth-order valence-corrected chi connectivity index (χ4v) is 1.46. The Labute approximate surface area is 90.4 Å². The van der Waals surface area contributed by atoms with E-state index in [9.17, 15) is 9.90 Å². The van der Waals surface area contributed by atoms with E-state index in [-0.39, 0.29) is 12.1 Å². The van der Waals surface area contributed by atoms with Crippen molar-refractivity contribution in [2.75, 3.05) is 13.1 Å². The van der Waals surface area contributed by atoms with E-state index in [4.69, 9.17) is 4.74 Å². The second kappa shape index (κ2) is 4.37. The first kappa shape index (κ1) is 12.3. The molecule has 15 heavy (non-hydrogen) atoms. The van der Waals surface area contributed by atoms with Gasteiger partial charge in [0, 0.05) is 13.1 Å².